The molecule has 4 N–H and O–H groups in total. The summed E-state index contributed by atoms with van der Waals surface area (Å²) in [5.74, 6) is -2.25. The SMILES string of the molecule is N[C@H](CS)C(=O)[O-].N[C@H](CS)C(=O)[O-].[Na+].[Na+]. The van der Waals surface area contributed by atoms with Gasteiger partial charge in [-0.3, -0.25) is 0 Å². The van der Waals surface area contributed by atoms with Gasteiger partial charge in [0, 0.05) is 11.5 Å². The second kappa shape index (κ2) is 16.6. The van der Waals surface area contributed by atoms with Gasteiger partial charge in [0.15, 0.2) is 0 Å². The first-order valence-corrected chi connectivity index (χ1v) is 4.77. The van der Waals surface area contributed by atoms with E-state index in [4.69, 9.17) is 11.5 Å². The van der Waals surface area contributed by atoms with E-state index in [2.05, 4.69) is 25.3 Å². The summed E-state index contributed by atoms with van der Waals surface area (Å²) < 4.78 is 0. The van der Waals surface area contributed by atoms with Crippen LogP contribution >= 0.6 is 25.3 Å². The number of carbonyl (C=O) groups excluding carboxylic acids is 2. The predicted octanol–water partition coefficient (Wildman–Crippen LogP) is -10.0. The van der Waals surface area contributed by atoms with Crippen LogP contribution in [0.5, 0.6) is 0 Å². The van der Waals surface area contributed by atoms with Crippen LogP contribution in [0.2, 0.25) is 0 Å². The number of rotatable bonds is 4. The standard InChI is InChI=1S/2C3H7NO2S.2Na/c2*4-2(1-7)3(5)6;;/h2*2,7H,1,4H2,(H,5,6);;/q;;2*+1/p-2/t2*2-;;/m11../s1. The molecule has 6 nitrogen and oxygen atoms in total. The number of thiol groups is 2. The van der Waals surface area contributed by atoms with Crippen molar-refractivity contribution in [3.05, 3.63) is 0 Å². The van der Waals surface area contributed by atoms with Gasteiger partial charge < -0.3 is 31.3 Å². The van der Waals surface area contributed by atoms with Gasteiger partial charge in [0.25, 0.3) is 0 Å². The Kier molecular flexibility index (Phi) is 27.1. The summed E-state index contributed by atoms with van der Waals surface area (Å²) in [6.07, 6.45) is 0. The molecular formula is C6H12N2Na2O4S2. The molecule has 0 aliphatic carbocycles. The number of hydrogen-bond acceptors (Lipinski definition) is 8. The molecule has 0 aliphatic heterocycles. The van der Waals surface area contributed by atoms with Crippen molar-refractivity contribution < 1.29 is 78.9 Å². The third-order valence-corrected chi connectivity index (χ3v) is 1.79. The Morgan fingerprint density at radius 2 is 1.12 bits per heavy atom. The maximum Gasteiger partial charge on any atom is 1.00 e. The van der Waals surface area contributed by atoms with Crippen LogP contribution in [0.3, 0.4) is 0 Å². The van der Waals surface area contributed by atoms with E-state index in [0.29, 0.717) is 0 Å². The number of carbonyl (C=O) groups is 2. The average molecular weight is 286 g/mol. The molecule has 0 spiro atoms. The first-order valence-electron chi connectivity index (χ1n) is 3.51. The summed E-state index contributed by atoms with van der Waals surface area (Å²) in [6.45, 7) is 0. The van der Waals surface area contributed by atoms with Crippen LogP contribution in [0, 0.1) is 0 Å². The summed E-state index contributed by atoms with van der Waals surface area (Å²) in [5, 5.41) is 19.3. The Morgan fingerprint density at radius 1 is 0.938 bits per heavy atom. The summed E-state index contributed by atoms with van der Waals surface area (Å²) in [7, 11) is 0. The van der Waals surface area contributed by atoms with Gasteiger partial charge in [0.1, 0.15) is 0 Å². The topological polar surface area (TPSA) is 132 Å². The second-order valence-corrected chi connectivity index (χ2v) is 2.95. The van der Waals surface area contributed by atoms with Gasteiger partial charge in [0.05, 0.1) is 24.0 Å². The van der Waals surface area contributed by atoms with Crippen molar-refractivity contribution >= 4 is 37.2 Å². The Morgan fingerprint density at radius 3 is 1.12 bits per heavy atom. The number of carboxylic acid groups (broad SMARTS) is 2. The zero-order valence-electron chi connectivity index (χ0n) is 9.25. The summed E-state index contributed by atoms with van der Waals surface area (Å²) in [5.41, 5.74) is 9.75. The number of carboxylic acids is 2. The number of nitrogens with two attached hydrogens (primary N) is 2. The second-order valence-electron chi connectivity index (χ2n) is 2.22. The molecule has 2 atom stereocenters. The third-order valence-electron chi connectivity index (χ3n) is 0.999. The molecule has 10 heteroatoms. The summed E-state index contributed by atoms with van der Waals surface area (Å²) in [6, 6.07) is -1.85. The zero-order chi connectivity index (χ0) is 11.7. The fourth-order valence-electron chi connectivity index (χ4n) is 0.149. The summed E-state index contributed by atoms with van der Waals surface area (Å²) in [4.78, 5) is 19.3. The normalized spacial score (nSPS) is 11.8. The van der Waals surface area contributed by atoms with Crippen LogP contribution < -0.4 is 80.8 Å². The van der Waals surface area contributed by atoms with Crippen LogP contribution in [0.4, 0.5) is 0 Å². The van der Waals surface area contributed by atoms with Gasteiger partial charge in [-0.25, -0.2) is 0 Å². The Hall–Kier alpha value is 1.56. The van der Waals surface area contributed by atoms with Gasteiger partial charge in [-0.1, -0.05) is 0 Å². The van der Waals surface area contributed by atoms with Crippen LogP contribution in [-0.4, -0.2) is 35.5 Å². The molecule has 0 radical (unpaired) electrons. The molecule has 0 saturated heterocycles. The fraction of sp³-hybridized carbons (Fsp3) is 0.667. The van der Waals surface area contributed by atoms with Crippen molar-refractivity contribution in [1.29, 1.82) is 0 Å². The first kappa shape index (κ1) is 26.2. The van der Waals surface area contributed by atoms with Gasteiger partial charge >= 0.3 is 59.1 Å². The van der Waals surface area contributed by atoms with E-state index >= 15 is 0 Å². The van der Waals surface area contributed by atoms with E-state index in [1.807, 2.05) is 0 Å². The third kappa shape index (κ3) is 17.9. The van der Waals surface area contributed by atoms with Gasteiger partial charge in [-0.15, -0.1) is 0 Å². The molecule has 0 bridgehead atoms. The van der Waals surface area contributed by atoms with Crippen molar-refractivity contribution in [1.82, 2.24) is 0 Å². The molecule has 0 aromatic heterocycles. The zero-order valence-corrected chi connectivity index (χ0v) is 15.0. The van der Waals surface area contributed by atoms with E-state index in [-0.39, 0.29) is 70.6 Å². The van der Waals surface area contributed by atoms with E-state index in [1.165, 1.54) is 0 Å². The molecule has 0 aliphatic rings. The summed E-state index contributed by atoms with van der Waals surface area (Å²) >= 11 is 7.22. The van der Waals surface area contributed by atoms with Crippen LogP contribution in [-0.2, 0) is 9.59 Å². The van der Waals surface area contributed by atoms with Crippen LogP contribution in [0.1, 0.15) is 0 Å². The smallest absolute Gasteiger partial charge is 0.548 e. The molecule has 0 rings (SSSR count). The van der Waals surface area contributed by atoms with E-state index in [1.54, 1.807) is 0 Å². The largest absolute Gasteiger partial charge is 1.00 e. The minimum atomic E-state index is -1.25. The molecule has 0 unspecified atom stereocenters. The van der Waals surface area contributed by atoms with Gasteiger partial charge in [-0.2, -0.15) is 25.3 Å². The van der Waals surface area contributed by atoms with Crippen molar-refractivity contribution in [2.75, 3.05) is 11.5 Å². The number of aliphatic carboxylic acids is 2. The van der Waals surface area contributed by atoms with Crippen LogP contribution in [0.15, 0.2) is 0 Å². The molecule has 0 aromatic rings. The maximum absolute atomic E-state index is 9.65. The molecular weight excluding hydrogens is 274 g/mol. The van der Waals surface area contributed by atoms with Gasteiger partial charge in [-0.05, 0) is 0 Å². The molecule has 0 saturated carbocycles. The minimum Gasteiger partial charge on any atom is -0.548 e. The molecule has 0 fully saturated rings. The Labute approximate surface area is 149 Å². The fourth-order valence-corrected chi connectivity index (χ4v) is 0.447. The van der Waals surface area contributed by atoms with Crippen molar-refractivity contribution in [2.45, 2.75) is 12.1 Å². The van der Waals surface area contributed by atoms with Gasteiger partial charge in [0.2, 0.25) is 0 Å². The van der Waals surface area contributed by atoms with Crippen molar-refractivity contribution in [3.8, 4) is 0 Å². The predicted molar refractivity (Wildman–Crippen MR) is 53.7 cm³/mol. The van der Waals surface area contributed by atoms with E-state index < -0.39 is 24.0 Å². The minimum absolute atomic E-state index is 0. The molecule has 0 amide bonds. The monoisotopic (exact) mass is 286 g/mol. The van der Waals surface area contributed by atoms with Crippen LogP contribution in [0.25, 0.3) is 0 Å². The maximum atomic E-state index is 9.65. The van der Waals surface area contributed by atoms with Crippen molar-refractivity contribution in [2.24, 2.45) is 11.5 Å². The molecule has 84 valence electrons. The molecule has 16 heavy (non-hydrogen) atoms. The molecule has 0 aromatic carbocycles. The Bertz CT molecular complexity index is 179. The number of hydrogen-bond donors (Lipinski definition) is 4. The Balaban J connectivity index is -0.0000000800. The van der Waals surface area contributed by atoms with E-state index in [0.717, 1.165) is 0 Å². The average Bonchev–Trinajstić information content (AvgIpc) is 2.15. The first-order chi connectivity index (χ1) is 6.36. The van der Waals surface area contributed by atoms with E-state index in [9.17, 15) is 19.8 Å². The van der Waals surface area contributed by atoms with Crippen molar-refractivity contribution in [3.63, 3.8) is 0 Å². The molecule has 0 heterocycles. The quantitative estimate of drug-likeness (QED) is 0.300.